The van der Waals surface area contributed by atoms with Gasteiger partial charge in [0.25, 0.3) is 5.91 Å². The van der Waals surface area contributed by atoms with Crippen molar-refractivity contribution >= 4 is 17.5 Å². The van der Waals surface area contributed by atoms with Crippen molar-refractivity contribution in [3.63, 3.8) is 0 Å². The molecule has 1 aromatic rings. The van der Waals surface area contributed by atoms with Crippen molar-refractivity contribution in [2.75, 3.05) is 31.6 Å². The molecule has 1 aliphatic rings. The van der Waals surface area contributed by atoms with Gasteiger partial charge in [0.05, 0.1) is 12.8 Å². The number of methoxy groups -OCH3 is 1. The summed E-state index contributed by atoms with van der Waals surface area (Å²) < 4.78 is 5.29. The minimum atomic E-state index is -1.04. The summed E-state index contributed by atoms with van der Waals surface area (Å²) in [6, 6.07) is 7.30. The van der Waals surface area contributed by atoms with Crippen molar-refractivity contribution in [1.29, 1.82) is 0 Å². The number of benzene rings is 1. The van der Waals surface area contributed by atoms with E-state index in [0.717, 1.165) is 0 Å². The highest BCUT2D eigenvalue weighted by Gasteiger charge is 2.32. The SMILES string of the molecule is COc1ccccc1N1CCN(C(=O)[C@H](O)CC(C)C)CC1=O. The minimum absolute atomic E-state index is 0.0218. The highest BCUT2D eigenvalue weighted by Crippen LogP contribution is 2.29. The number of carbonyl (C=O) groups excluding carboxylic acids is 2. The average molecular weight is 320 g/mol. The molecule has 1 fully saturated rings. The smallest absolute Gasteiger partial charge is 0.251 e. The number of hydrogen-bond donors (Lipinski definition) is 1. The first-order valence-corrected chi connectivity index (χ1v) is 7.84. The van der Waals surface area contributed by atoms with E-state index in [1.165, 1.54) is 4.90 Å². The van der Waals surface area contributed by atoms with Crippen molar-refractivity contribution in [2.45, 2.75) is 26.4 Å². The Morgan fingerprint density at radius 3 is 2.61 bits per heavy atom. The molecule has 1 aliphatic heterocycles. The lowest BCUT2D eigenvalue weighted by molar-refractivity contribution is -0.144. The molecule has 1 atom stereocenters. The topological polar surface area (TPSA) is 70.1 Å². The Hall–Kier alpha value is -2.08. The molecule has 23 heavy (non-hydrogen) atoms. The number of hydrogen-bond acceptors (Lipinski definition) is 4. The van der Waals surface area contributed by atoms with E-state index in [9.17, 15) is 14.7 Å². The Labute approximate surface area is 136 Å². The molecular weight excluding hydrogens is 296 g/mol. The van der Waals surface area contributed by atoms with Crippen LogP contribution in [0.2, 0.25) is 0 Å². The van der Waals surface area contributed by atoms with E-state index >= 15 is 0 Å². The first-order chi connectivity index (χ1) is 10.9. The zero-order chi connectivity index (χ0) is 17.0. The fraction of sp³-hybridized carbons (Fsp3) is 0.529. The van der Waals surface area contributed by atoms with E-state index in [2.05, 4.69) is 0 Å². The van der Waals surface area contributed by atoms with Gasteiger partial charge < -0.3 is 19.6 Å². The normalized spacial score (nSPS) is 16.7. The van der Waals surface area contributed by atoms with E-state index in [1.54, 1.807) is 18.1 Å². The molecule has 6 heteroatoms. The van der Waals surface area contributed by atoms with Crippen molar-refractivity contribution in [2.24, 2.45) is 5.92 Å². The second kappa shape index (κ2) is 7.46. The maximum atomic E-state index is 12.4. The Balaban J connectivity index is 2.05. The first-order valence-electron chi connectivity index (χ1n) is 7.84. The number of piperazine rings is 1. The monoisotopic (exact) mass is 320 g/mol. The fourth-order valence-electron chi connectivity index (χ4n) is 2.73. The van der Waals surface area contributed by atoms with Gasteiger partial charge in [-0.3, -0.25) is 9.59 Å². The standard InChI is InChI=1S/C17H24N2O4/c1-12(2)10-14(20)17(22)18-8-9-19(16(21)11-18)13-6-4-5-7-15(13)23-3/h4-7,12,14,20H,8-11H2,1-3H3/t14-/m1/s1. The van der Waals surface area contributed by atoms with Gasteiger partial charge in [-0.25, -0.2) is 0 Å². The molecule has 0 unspecified atom stereocenters. The molecule has 0 spiro atoms. The summed E-state index contributed by atoms with van der Waals surface area (Å²) in [6.07, 6.45) is -0.639. The van der Waals surface area contributed by atoms with Gasteiger partial charge in [0.15, 0.2) is 0 Å². The Bertz CT molecular complexity index is 573. The molecule has 1 heterocycles. The molecular formula is C17H24N2O4. The van der Waals surface area contributed by atoms with Crippen LogP contribution in [0.3, 0.4) is 0 Å². The highest BCUT2D eigenvalue weighted by molar-refractivity contribution is 5.99. The second-order valence-corrected chi connectivity index (χ2v) is 6.12. The molecule has 0 aromatic heterocycles. The lowest BCUT2D eigenvalue weighted by atomic mass is 10.0. The van der Waals surface area contributed by atoms with Gasteiger partial charge in [0, 0.05) is 13.1 Å². The largest absolute Gasteiger partial charge is 0.495 e. The zero-order valence-corrected chi connectivity index (χ0v) is 13.9. The highest BCUT2D eigenvalue weighted by atomic mass is 16.5. The van der Waals surface area contributed by atoms with E-state index in [0.29, 0.717) is 30.9 Å². The molecule has 2 rings (SSSR count). The summed E-state index contributed by atoms with van der Waals surface area (Å²) in [4.78, 5) is 27.7. The molecule has 0 radical (unpaired) electrons. The molecule has 126 valence electrons. The Morgan fingerprint density at radius 1 is 1.30 bits per heavy atom. The zero-order valence-electron chi connectivity index (χ0n) is 13.9. The number of aliphatic hydroxyl groups excluding tert-OH is 1. The van der Waals surface area contributed by atoms with Crippen molar-refractivity contribution in [1.82, 2.24) is 4.90 Å². The quantitative estimate of drug-likeness (QED) is 0.887. The number of rotatable bonds is 5. The maximum absolute atomic E-state index is 12.4. The third kappa shape index (κ3) is 4.01. The molecule has 0 aliphatic carbocycles. The van der Waals surface area contributed by atoms with E-state index < -0.39 is 6.10 Å². The fourth-order valence-corrected chi connectivity index (χ4v) is 2.73. The van der Waals surface area contributed by atoms with Crippen LogP contribution < -0.4 is 9.64 Å². The number of amides is 2. The minimum Gasteiger partial charge on any atom is -0.495 e. The van der Waals surface area contributed by atoms with Gasteiger partial charge in [0.2, 0.25) is 5.91 Å². The first kappa shape index (κ1) is 17.3. The number of nitrogens with zero attached hydrogens (tertiary/aromatic N) is 2. The van der Waals surface area contributed by atoms with Gasteiger partial charge in [0.1, 0.15) is 18.4 Å². The molecule has 6 nitrogen and oxygen atoms in total. The number of para-hydroxylation sites is 2. The summed E-state index contributed by atoms with van der Waals surface area (Å²) in [7, 11) is 1.56. The number of ether oxygens (including phenoxy) is 1. The van der Waals surface area contributed by atoms with Crippen LogP contribution in [0.15, 0.2) is 24.3 Å². The van der Waals surface area contributed by atoms with Crippen LogP contribution in [0.5, 0.6) is 5.75 Å². The Morgan fingerprint density at radius 2 is 2.00 bits per heavy atom. The lowest BCUT2D eigenvalue weighted by Gasteiger charge is -2.35. The third-order valence-corrected chi connectivity index (χ3v) is 3.89. The molecule has 0 bridgehead atoms. The maximum Gasteiger partial charge on any atom is 0.251 e. The van der Waals surface area contributed by atoms with Crippen molar-refractivity contribution in [3.8, 4) is 5.75 Å². The van der Waals surface area contributed by atoms with E-state index in [1.807, 2.05) is 32.0 Å². The summed E-state index contributed by atoms with van der Waals surface area (Å²) in [5.41, 5.74) is 0.704. The summed E-state index contributed by atoms with van der Waals surface area (Å²) in [5, 5.41) is 9.96. The summed E-state index contributed by atoms with van der Waals surface area (Å²) in [6.45, 7) is 4.66. The Kier molecular flexibility index (Phi) is 5.60. The van der Waals surface area contributed by atoms with Crippen LogP contribution in [0.1, 0.15) is 20.3 Å². The van der Waals surface area contributed by atoms with Crippen molar-refractivity contribution in [3.05, 3.63) is 24.3 Å². The van der Waals surface area contributed by atoms with E-state index in [4.69, 9.17) is 4.74 Å². The van der Waals surface area contributed by atoms with Gasteiger partial charge in [-0.15, -0.1) is 0 Å². The van der Waals surface area contributed by atoms with Gasteiger partial charge in [-0.05, 0) is 24.5 Å². The number of carbonyl (C=O) groups is 2. The van der Waals surface area contributed by atoms with Gasteiger partial charge >= 0.3 is 0 Å². The third-order valence-electron chi connectivity index (χ3n) is 3.89. The van der Waals surface area contributed by atoms with Gasteiger partial charge in [-0.2, -0.15) is 0 Å². The van der Waals surface area contributed by atoms with Crippen LogP contribution >= 0.6 is 0 Å². The molecule has 1 aromatic carbocycles. The molecule has 0 saturated carbocycles. The van der Waals surface area contributed by atoms with Crippen LogP contribution in [0, 0.1) is 5.92 Å². The molecule has 1 N–H and O–H groups in total. The van der Waals surface area contributed by atoms with Crippen molar-refractivity contribution < 1.29 is 19.4 Å². The number of anilines is 1. The van der Waals surface area contributed by atoms with Crippen LogP contribution in [0.25, 0.3) is 0 Å². The van der Waals surface area contributed by atoms with E-state index in [-0.39, 0.29) is 24.3 Å². The molecule has 1 saturated heterocycles. The lowest BCUT2D eigenvalue weighted by Crippen LogP contribution is -2.54. The summed E-state index contributed by atoms with van der Waals surface area (Å²) in [5.74, 6) is 0.303. The van der Waals surface area contributed by atoms with Crippen LogP contribution in [-0.4, -0.2) is 54.7 Å². The van der Waals surface area contributed by atoms with Gasteiger partial charge in [-0.1, -0.05) is 26.0 Å². The summed E-state index contributed by atoms with van der Waals surface area (Å²) >= 11 is 0. The second-order valence-electron chi connectivity index (χ2n) is 6.12. The predicted molar refractivity (Wildman–Crippen MR) is 87.4 cm³/mol. The number of aliphatic hydroxyl groups is 1. The van der Waals surface area contributed by atoms with Crippen LogP contribution in [0.4, 0.5) is 5.69 Å². The average Bonchev–Trinajstić information content (AvgIpc) is 2.53. The molecule has 2 amide bonds. The van der Waals surface area contributed by atoms with Crippen LogP contribution in [-0.2, 0) is 9.59 Å². The predicted octanol–water partition coefficient (Wildman–Crippen LogP) is 1.28.